The number of likely N-dealkylation sites (tertiary alicyclic amines) is 1. The van der Waals surface area contributed by atoms with Gasteiger partial charge in [-0.2, -0.15) is 0 Å². The molecule has 0 aliphatic carbocycles. The lowest BCUT2D eigenvalue weighted by Gasteiger charge is -2.39. The Balaban J connectivity index is 1.28. The summed E-state index contributed by atoms with van der Waals surface area (Å²) in [5.41, 5.74) is 8.62. The van der Waals surface area contributed by atoms with Gasteiger partial charge in [0.05, 0.1) is 18.6 Å². The molecule has 4 aromatic rings. The summed E-state index contributed by atoms with van der Waals surface area (Å²) in [5.74, 6) is 1.67. The Bertz CT molecular complexity index is 1480. The number of carbonyl (C=O) groups excluding carboxylic acids is 2. The summed E-state index contributed by atoms with van der Waals surface area (Å²) in [6, 6.07) is 12.6. The fourth-order valence-electron chi connectivity index (χ4n) is 5.05. The Morgan fingerprint density at radius 1 is 1.11 bits per heavy atom. The summed E-state index contributed by atoms with van der Waals surface area (Å²) in [6.07, 6.45) is 5.96. The van der Waals surface area contributed by atoms with Crippen LogP contribution in [0.3, 0.4) is 0 Å². The molecule has 0 saturated carbocycles. The highest BCUT2D eigenvalue weighted by Crippen LogP contribution is 2.36. The van der Waals surface area contributed by atoms with Gasteiger partial charge in [0.1, 0.15) is 28.7 Å². The number of pyridine rings is 1. The molecule has 2 saturated heterocycles. The average molecular weight is 498 g/mol. The number of nitrogens with two attached hydrogens (primary N) is 1. The Hall–Kier alpha value is -4.31. The van der Waals surface area contributed by atoms with E-state index in [1.807, 2.05) is 40.6 Å². The van der Waals surface area contributed by atoms with E-state index in [4.69, 9.17) is 15.5 Å². The van der Waals surface area contributed by atoms with Crippen molar-refractivity contribution in [1.82, 2.24) is 24.3 Å². The number of anilines is 2. The Labute approximate surface area is 213 Å². The topological polar surface area (TPSA) is 128 Å². The Morgan fingerprint density at radius 3 is 2.62 bits per heavy atom. The molecule has 10 nitrogen and oxygen atoms in total. The van der Waals surface area contributed by atoms with E-state index in [0.717, 1.165) is 17.8 Å². The number of ether oxygens (including phenoxy) is 1. The third-order valence-corrected chi connectivity index (χ3v) is 7.14. The van der Waals surface area contributed by atoms with Gasteiger partial charge in [-0.1, -0.05) is 18.2 Å². The molecule has 0 unspecified atom stereocenters. The minimum Gasteiger partial charge on any atom is -0.382 e. The zero-order valence-corrected chi connectivity index (χ0v) is 20.4. The highest BCUT2D eigenvalue weighted by molar-refractivity contribution is 6.04. The molecule has 5 heterocycles. The molecule has 0 bridgehead atoms. The van der Waals surface area contributed by atoms with Gasteiger partial charge >= 0.3 is 0 Å². The van der Waals surface area contributed by atoms with Crippen LogP contribution in [-0.2, 0) is 9.53 Å². The van der Waals surface area contributed by atoms with Crippen LogP contribution in [0.5, 0.6) is 0 Å². The average Bonchev–Trinajstić information content (AvgIpc) is 3.53. The fourth-order valence-corrected chi connectivity index (χ4v) is 5.05. The molecule has 2 fully saturated rings. The number of fused-ring (bicyclic) bond motifs is 1. The third-order valence-electron chi connectivity index (χ3n) is 7.14. The van der Waals surface area contributed by atoms with Gasteiger partial charge < -0.3 is 20.7 Å². The van der Waals surface area contributed by atoms with Gasteiger partial charge in [-0.15, -0.1) is 0 Å². The molecular formula is C27H27N7O3. The molecular weight excluding hydrogens is 470 g/mol. The number of nitrogens with zero attached hydrogens (tertiary/aromatic N) is 5. The van der Waals surface area contributed by atoms with E-state index in [-0.39, 0.29) is 17.7 Å². The molecule has 2 aliphatic heterocycles. The smallest absolute Gasteiger partial charge is 0.256 e. The maximum atomic E-state index is 13.0. The van der Waals surface area contributed by atoms with Gasteiger partial charge in [0, 0.05) is 48.7 Å². The summed E-state index contributed by atoms with van der Waals surface area (Å²) in [4.78, 5) is 41.0. The zero-order chi connectivity index (χ0) is 25.6. The van der Waals surface area contributed by atoms with Gasteiger partial charge in [0.15, 0.2) is 0 Å². The quantitative estimate of drug-likeness (QED) is 0.434. The largest absolute Gasteiger partial charge is 0.382 e. The standard InChI is InChI=1S/C27H27N7O3/c1-27(15-37-16-27)26(36)33-12-9-19(14-33)24-32-21(22-23(28)30-11-13-34(22)24)17-5-7-18(8-6-17)25(35)31-20-4-2-3-10-29-20/h2-8,10-11,13,19H,9,12,14-16H2,1H3,(H2,28,30)(H,29,31,35)/t19-/m1/s1. The number of benzene rings is 1. The molecule has 3 aromatic heterocycles. The molecule has 6 rings (SSSR count). The number of aromatic nitrogens is 4. The van der Waals surface area contributed by atoms with Crippen LogP contribution >= 0.6 is 0 Å². The number of hydrogen-bond acceptors (Lipinski definition) is 7. The number of rotatable bonds is 5. The first-order valence-corrected chi connectivity index (χ1v) is 12.3. The molecule has 37 heavy (non-hydrogen) atoms. The second kappa shape index (κ2) is 8.97. The molecule has 0 spiro atoms. The molecule has 0 radical (unpaired) electrons. The SMILES string of the molecule is CC1(C(=O)N2CC[C@@H](c3nc(-c4ccc(C(=O)Nc5ccccn5)cc4)c4c(N)nccn34)C2)COC1. The third kappa shape index (κ3) is 4.09. The first kappa shape index (κ1) is 23.1. The second-order valence-electron chi connectivity index (χ2n) is 9.89. The van der Waals surface area contributed by atoms with Crippen LogP contribution in [0.15, 0.2) is 61.1 Å². The van der Waals surface area contributed by atoms with Crippen LogP contribution in [-0.4, -0.2) is 62.4 Å². The maximum Gasteiger partial charge on any atom is 0.256 e. The lowest BCUT2D eigenvalue weighted by molar-refractivity contribution is -0.167. The van der Waals surface area contributed by atoms with Crippen molar-refractivity contribution < 1.29 is 14.3 Å². The monoisotopic (exact) mass is 497 g/mol. The van der Waals surface area contributed by atoms with E-state index < -0.39 is 5.41 Å². The lowest BCUT2D eigenvalue weighted by atomic mass is 9.87. The van der Waals surface area contributed by atoms with Gasteiger partial charge in [0.2, 0.25) is 5.91 Å². The predicted molar refractivity (Wildman–Crippen MR) is 138 cm³/mol. The second-order valence-corrected chi connectivity index (χ2v) is 9.89. The van der Waals surface area contributed by atoms with E-state index in [0.29, 0.717) is 54.7 Å². The van der Waals surface area contributed by atoms with Gasteiger partial charge in [-0.25, -0.2) is 15.0 Å². The summed E-state index contributed by atoms with van der Waals surface area (Å²) >= 11 is 0. The number of imidazole rings is 1. The Kier molecular flexibility index (Phi) is 5.60. The zero-order valence-electron chi connectivity index (χ0n) is 20.4. The molecule has 2 amide bonds. The van der Waals surface area contributed by atoms with Crippen LogP contribution < -0.4 is 11.1 Å². The molecule has 1 atom stereocenters. The van der Waals surface area contributed by atoms with Crippen LogP contribution in [0.2, 0.25) is 0 Å². The molecule has 2 aliphatic rings. The first-order valence-electron chi connectivity index (χ1n) is 12.3. The number of amides is 2. The van der Waals surface area contributed by atoms with Crippen molar-refractivity contribution in [2.75, 3.05) is 37.4 Å². The fraction of sp³-hybridized carbons (Fsp3) is 0.296. The highest BCUT2D eigenvalue weighted by Gasteiger charge is 2.45. The molecule has 188 valence electrons. The van der Waals surface area contributed by atoms with E-state index in [1.165, 1.54) is 0 Å². The van der Waals surface area contributed by atoms with Gasteiger partial charge in [-0.05, 0) is 37.6 Å². The van der Waals surface area contributed by atoms with E-state index in [9.17, 15) is 9.59 Å². The number of nitrogens with one attached hydrogen (secondary N) is 1. The molecule has 10 heteroatoms. The van der Waals surface area contributed by atoms with E-state index >= 15 is 0 Å². The van der Waals surface area contributed by atoms with Crippen molar-refractivity contribution in [2.45, 2.75) is 19.3 Å². The van der Waals surface area contributed by atoms with Crippen molar-refractivity contribution >= 4 is 29.0 Å². The van der Waals surface area contributed by atoms with Crippen molar-refractivity contribution in [3.05, 3.63) is 72.4 Å². The molecule has 1 aromatic carbocycles. The Morgan fingerprint density at radius 2 is 1.92 bits per heavy atom. The highest BCUT2D eigenvalue weighted by atomic mass is 16.5. The summed E-state index contributed by atoms with van der Waals surface area (Å²) in [6.45, 7) is 4.19. The predicted octanol–water partition coefficient (Wildman–Crippen LogP) is 2.98. The van der Waals surface area contributed by atoms with Crippen molar-refractivity contribution in [3.8, 4) is 11.3 Å². The number of carbonyl (C=O) groups is 2. The minimum atomic E-state index is -0.423. The summed E-state index contributed by atoms with van der Waals surface area (Å²) < 4.78 is 7.27. The number of hydrogen-bond donors (Lipinski definition) is 2. The van der Waals surface area contributed by atoms with Gasteiger partial charge in [-0.3, -0.25) is 14.0 Å². The van der Waals surface area contributed by atoms with Crippen LogP contribution in [0, 0.1) is 5.41 Å². The van der Waals surface area contributed by atoms with Crippen molar-refractivity contribution in [2.24, 2.45) is 5.41 Å². The maximum absolute atomic E-state index is 13.0. The lowest BCUT2D eigenvalue weighted by Crippen LogP contribution is -2.52. The van der Waals surface area contributed by atoms with Crippen LogP contribution in [0.4, 0.5) is 11.6 Å². The van der Waals surface area contributed by atoms with E-state index in [2.05, 4.69) is 15.3 Å². The summed E-state index contributed by atoms with van der Waals surface area (Å²) in [7, 11) is 0. The summed E-state index contributed by atoms with van der Waals surface area (Å²) in [5, 5.41) is 2.79. The minimum absolute atomic E-state index is 0.0695. The van der Waals surface area contributed by atoms with Crippen molar-refractivity contribution in [3.63, 3.8) is 0 Å². The van der Waals surface area contributed by atoms with Crippen LogP contribution in [0.25, 0.3) is 16.8 Å². The normalized spacial score (nSPS) is 18.5. The van der Waals surface area contributed by atoms with Gasteiger partial charge in [0.25, 0.3) is 5.91 Å². The molecule has 3 N–H and O–H groups in total. The van der Waals surface area contributed by atoms with Crippen LogP contribution in [0.1, 0.15) is 35.4 Å². The number of nitrogen functional groups attached to an aromatic ring is 1. The van der Waals surface area contributed by atoms with E-state index in [1.54, 1.807) is 36.7 Å². The first-order chi connectivity index (χ1) is 17.9. The van der Waals surface area contributed by atoms with Crippen molar-refractivity contribution in [1.29, 1.82) is 0 Å².